The number of hydrogen-bond donors (Lipinski definition) is 1. The first-order valence-electron chi connectivity index (χ1n) is 3.59. The zero-order valence-electron chi connectivity index (χ0n) is 6.10. The summed E-state index contributed by atoms with van der Waals surface area (Å²) in [6.07, 6.45) is 4.10. The van der Waals surface area contributed by atoms with Gasteiger partial charge >= 0.3 is 0 Å². The van der Waals surface area contributed by atoms with Gasteiger partial charge in [-0.2, -0.15) is 0 Å². The summed E-state index contributed by atoms with van der Waals surface area (Å²) in [4.78, 5) is 11.2. The van der Waals surface area contributed by atoms with Gasteiger partial charge in [-0.25, -0.2) is 0 Å². The normalized spacial score (nSPS) is 20.1. The van der Waals surface area contributed by atoms with E-state index in [0.29, 0.717) is 13.0 Å². The Kier molecular flexibility index (Phi) is 1.90. The maximum absolute atomic E-state index is 11.2. The standard InChI is InChI=1S/C8H13NO/c1-2-3-7(10)8(6-9)4-5-8/h2H,1,3-6,9H2. The van der Waals surface area contributed by atoms with Gasteiger partial charge in [0.1, 0.15) is 5.78 Å². The fourth-order valence-corrected chi connectivity index (χ4v) is 1.10. The molecule has 2 heteroatoms. The van der Waals surface area contributed by atoms with E-state index in [9.17, 15) is 4.79 Å². The Morgan fingerprint density at radius 3 is 2.60 bits per heavy atom. The van der Waals surface area contributed by atoms with E-state index in [1.807, 2.05) is 0 Å². The van der Waals surface area contributed by atoms with E-state index in [4.69, 9.17) is 5.73 Å². The van der Waals surface area contributed by atoms with Crippen molar-refractivity contribution in [3.63, 3.8) is 0 Å². The molecule has 1 saturated carbocycles. The number of ketones is 1. The molecule has 0 heterocycles. The minimum Gasteiger partial charge on any atom is -0.329 e. The van der Waals surface area contributed by atoms with E-state index in [0.717, 1.165) is 12.8 Å². The third-order valence-corrected chi connectivity index (χ3v) is 2.17. The first kappa shape index (κ1) is 7.48. The zero-order chi connectivity index (χ0) is 7.61. The van der Waals surface area contributed by atoms with Gasteiger partial charge in [-0.3, -0.25) is 4.79 Å². The highest BCUT2D eigenvalue weighted by Gasteiger charge is 2.46. The lowest BCUT2D eigenvalue weighted by molar-refractivity contribution is -0.122. The number of nitrogens with two attached hydrogens (primary N) is 1. The third-order valence-electron chi connectivity index (χ3n) is 2.17. The number of carbonyl (C=O) groups is 1. The molecule has 0 unspecified atom stereocenters. The zero-order valence-corrected chi connectivity index (χ0v) is 6.10. The van der Waals surface area contributed by atoms with Crippen LogP contribution in [0, 0.1) is 5.41 Å². The topological polar surface area (TPSA) is 43.1 Å². The summed E-state index contributed by atoms with van der Waals surface area (Å²) < 4.78 is 0. The smallest absolute Gasteiger partial charge is 0.144 e. The molecule has 2 N–H and O–H groups in total. The first-order valence-corrected chi connectivity index (χ1v) is 3.59. The van der Waals surface area contributed by atoms with E-state index in [-0.39, 0.29) is 11.2 Å². The van der Waals surface area contributed by atoms with Crippen LogP contribution in [0.4, 0.5) is 0 Å². The van der Waals surface area contributed by atoms with E-state index in [2.05, 4.69) is 6.58 Å². The number of allylic oxidation sites excluding steroid dienone is 1. The Morgan fingerprint density at radius 2 is 2.30 bits per heavy atom. The van der Waals surface area contributed by atoms with Gasteiger partial charge in [-0.1, -0.05) is 6.08 Å². The molecule has 0 aromatic carbocycles. The fraction of sp³-hybridized carbons (Fsp3) is 0.625. The van der Waals surface area contributed by atoms with Crippen molar-refractivity contribution in [3.05, 3.63) is 12.7 Å². The molecule has 2 nitrogen and oxygen atoms in total. The summed E-state index contributed by atoms with van der Waals surface area (Å²) in [6, 6.07) is 0. The van der Waals surface area contributed by atoms with E-state index >= 15 is 0 Å². The van der Waals surface area contributed by atoms with Crippen molar-refractivity contribution in [2.24, 2.45) is 11.1 Å². The summed E-state index contributed by atoms with van der Waals surface area (Å²) in [7, 11) is 0. The highest BCUT2D eigenvalue weighted by atomic mass is 16.1. The Bertz CT molecular complexity index is 159. The molecule has 0 aromatic rings. The molecule has 0 amide bonds. The van der Waals surface area contributed by atoms with E-state index in [1.165, 1.54) is 0 Å². The van der Waals surface area contributed by atoms with Gasteiger partial charge in [-0.15, -0.1) is 6.58 Å². The van der Waals surface area contributed by atoms with Gasteiger partial charge in [0, 0.05) is 18.4 Å². The summed E-state index contributed by atoms with van der Waals surface area (Å²) >= 11 is 0. The SMILES string of the molecule is C=CCC(=O)C1(CN)CC1. The van der Waals surface area contributed by atoms with Crippen molar-refractivity contribution in [2.75, 3.05) is 6.54 Å². The van der Waals surface area contributed by atoms with Crippen molar-refractivity contribution in [3.8, 4) is 0 Å². The molecule has 0 radical (unpaired) electrons. The van der Waals surface area contributed by atoms with Crippen LogP contribution in [-0.2, 0) is 4.79 Å². The van der Waals surface area contributed by atoms with Crippen LogP contribution in [0.1, 0.15) is 19.3 Å². The summed E-state index contributed by atoms with van der Waals surface area (Å²) in [6.45, 7) is 4.03. The third kappa shape index (κ3) is 1.12. The molecule has 56 valence electrons. The summed E-state index contributed by atoms with van der Waals surface area (Å²) in [5.74, 6) is 0.269. The molecule has 1 aliphatic rings. The van der Waals surface area contributed by atoms with Gasteiger partial charge in [0.05, 0.1) is 0 Å². The van der Waals surface area contributed by atoms with Crippen LogP contribution in [0.2, 0.25) is 0 Å². The van der Waals surface area contributed by atoms with Gasteiger partial charge in [0.2, 0.25) is 0 Å². The second kappa shape index (κ2) is 2.54. The van der Waals surface area contributed by atoms with Crippen LogP contribution in [0.25, 0.3) is 0 Å². The van der Waals surface area contributed by atoms with Crippen molar-refractivity contribution in [1.29, 1.82) is 0 Å². The monoisotopic (exact) mass is 139 g/mol. The lowest BCUT2D eigenvalue weighted by atomic mass is 9.99. The number of rotatable bonds is 4. The minimum atomic E-state index is -0.131. The second-order valence-corrected chi connectivity index (χ2v) is 2.90. The van der Waals surface area contributed by atoms with Crippen LogP contribution in [0.5, 0.6) is 0 Å². The Hall–Kier alpha value is -0.630. The predicted molar refractivity (Wildman–Crippen MR) is 40.5 cm³/mol. The fourth-order valence-electron chi connectivity index (χ4n) is 1.10. The maximum Gasteiger partial charge on any atom is 0.144 e. The molecular weight excluding hydrogens is 126 g/mol. The van der Waals surface area contributed by atoms with Crippen molar-refractivity contribution < 1.29 is 4.79 Å². The molecule has 0 bridgehead atoms. The van der Waals surface area contributed by atoms with E-state index < -0.39 is 0 Å². The van der Waals surface area contributed by atoms with Crippen LogP contribution in [0.3, 0.4) is 0 Å². The molecular formula is C8H13NO. The number of carbonyl (C=O) groups excluding carboxylic acids is 1. The van der Waals surface area contributed by atoms with E-state index in [1.54, 1.807) is 6.08 Å². The molecule has 1 aliphatic carbocycles. The van der Waals surface area contributed by atoms with Crippen molar-refractivity contribution >= 4 is 5.78 Å². The molecule has 0 spiro atoms. The molecule has 0 aromatic heterocycles. The second-order valence-electron chi connectivity index (χ2n) is 2.90. The van der Waals surface area contributed by atoms with Crippen LogP contribution in [-0.4, -0.2) is 12.3 Å². The first-order chi connectivity index (χ1) is 4.75. The molecule has 1 fully saturated rings. The highest BCUT2D eigenvalue weighted by molar-refractivity contribution is 5.88. The van der Waals surface area contributed by atoms with Gasteiger partial charge < -0.3 is 5.73 Å². The highest BCUT2D eigenvalue weighted by Crippen LogP contribution is 2.46. The average Bonchev–Trinajstić information content (AvgIpc) is 2.68. The molecule has 0 atom stereocenters. The Labute approximate surface area is 61.1 Å². The van der Waals surface area contributed by atoms with Crippen LogP contribution in [0.15, 0.2) is 12.7 Å². The maximum atomic E-state index is 11.2. The molecule has 0 aliphatic heterocycles. The molecule has 10 heavy (non-hydrogen) atoms. The van der Waals surface area contributed by atoms with Gasteiger partial charge in [0.15, 0.2) is 0 Å². The largest absolute Gasteiger partial charge is 0.329 e. The quantitative estimate of drug-likeness (QED) is 0.587. The minimum absolute atomic E-state index is 0.131. The van der Waals surface area contributed by atoms with Crippen LogP contribution >= 0.6 is 0 Å². The lowest BCUT2D eigenvalue weighted by Gasteiger charge is -2.07. The predicted octanol–water partition coefficient (Wildman–Crippen LogP) is 0.871. The Balaban J connectivity index is 2.47. The summed E-state index contributed by atoms with van der Waals surface area (Å²) in [5, 5.41) is 0. The van der Waals surface area contributed by atoms with Gasteiger partial charge in [0.25, 0.3) is 0 Å². The lowest BCUT2D eigenvalue weighted by Crippen LogP contribution is -2.24. The molecule has 0 saturated heterocycles. The van der Waals surface area contributed by atoms with Crippen molar-refractivity contribution in [2.45, 2.75) is 19.3 Å². The average molecular weight is 139 g/mol. The number of hydrogen-bond acceptors (Lipinski definition) is 2. The van der Waals surface area contributed by atoms with Crippen LogP contribution < -0.4 is 5.73 Å². The summed E-state index contributed by atoms with van der Waals surface area (Å²) in [5.41, 5.74) is 5.31. The molecule has 1 rings (SSSR count). The van der Waals surface area contributed by atoms with Crippen molar-refractivity contribution in [1.82, 2.24) is 0 Å². The number of Topliss-reactive ketones (excluding diaryl/α,β-unsaturated/α-hetero) is 1. The van der Waals surface area contributed by atoms with Gasteiger partial charge in [-0.05, 0) is 12.8 Å². The Morgan fingerprint density at radius 1 is 1.70 bits per heavy atom.